The Balaban J connectivity index is 1.45. The fourth-order valence-electron chi connectivity index (χ4n) is 7.63. The standard InChI is InChI=1S/C33H38F6N4O6/c34-32(35,36)17-23(18-33(37,38)39)27(45)42-11-10-31(49,30(20-42)8-4-5-9-30)21-43-19-25(24(16-26(43)44)22-6-2-1-3-7-22)28(46)40-12-14-41(15-13-40)29(47)48/h1-3,6-7,16,19,23,49H,4-5,8-15,17-18,20-21H2,(H,47,48)/t31-/m1/s1. The van der Waals surface area contributed by atoms with E-state index in [1.165, 1.54) is 26.6 Å². The number of carbonyl (C=O) groups excluding carboxylic acids is 2. The molecule has 1 aliphatic carbocycles. The van der Waals surface area contributed by atoms with E-state index in [2.05, 4.69) is 0 Å². The highest BCUT2D eigenvalue weighted by Gasteiger charge is 2.56. The van der Waals surface area contributed by atoms with Crippen LogP contribution in [0, 0.1) is 11.3 Å². The van der Waals surface area contributed by atoms with Crippen molar-refractivity contribution in [1.82, 2.24) is 19.3 Å². The third-order valence-electron chi connectivity index (χ3n) is 10.2. The first-order valence-corrected chi connectivity index (χ1v) is 16.1. The van der Waals surface area contributed by atoms with Crippen molar-refractivity contribution >= 4 is 17.9 Å². The lowest BCUT2D eigenvalue weighted by atomic mass is 9.65. The van der Waals surface area contributed by atoms with Gasteiger partial charge in [0.25, 0.3) is 11.5 Å². The Bertz CT molecular complexity index is 1580. The van der Waals surface area contributed by atoms with E-state index >= 15 is 0 Å². The Hall–Kier alpha value is -4.08. The van der Waals surface area contributed by atoms with E-state index in [-0.39, 0.29) is 57.8 Å². The predicted octanol–water partition coefficient (Wildman–Crippen LogP) is 5.00. The summed E-state index contributed by atoms with van der Waals surface area (Å²) in [4.78, 5) is 55.8. The van der Waals surface area contributed by atoms with Gasteiger partial charge in [0, 0.05) is 62.5 Å². The van der Waals surface area contributed by atoms with E-state index in [0.29, 0.717) is 36.8 Å². The van der Waals surface area contributed by atoms with Crippen molar-refractivity contribution in [2.75, 3.05) is 39.3 Å². The number of nitrogens with zero attached hydrogens (tertiary/aromatic N) is 4. The summed E-state index contributed by atoms with van der Waals surface area (Å²) in [6, 6.07) is 9.94. The number of carboxylic acid groups (broad SMARTS) is 1. The largest absolute Gasteiger partial charge is 0.465 e. The predicted molar refractivity (Wildman–Crippen MR) is 164 cm³/mol. The fraction of sp³-hybridized carbons (Fsp3) is 0.576. The number of amides is 3. The van der Waals surface area contributed by atoms with Crippen molar-refractivity contribution in [3.63, 3.8) is 0 Å². The zero-order valence-electron chi connectivity index (χ0n) is 26.6. The minimum Gasteiger partial charge on any atom is -0.465 e. The molecule has 1 saturated carbocycles. The highest BCUT2D eigenvalue weighted by atomic mass is 19.4. The second-order valence-corrected chi connectivity index (χ2v) is 13.4. The van der Waals surface area contributed by atoms with Crippen molar-refractivity contribution in [2.45, 2.75) is 69.4 Å². The van der Waals surface area contributed by atoms with Gasteiger partial charge in [0.2, 0.25) is 5.91 Å². The molecule has 2 aromatic rings. The van der Waals surface area contributed by atoms with E-state index in [9.17, 15) is 55.7 Å². The van der Waals surface area contributed by atoms with Crippen LogP contribution in [-0.4, -0.2) is 105 Å². The summed E-state index contributed by atoms with van der Waals surface area (Å²) in [5.74, 6) is -4.09. The normalized spacial score (nSPS) is 21.4. The molecule has 5 rings (SSSR count). The van der Waals surface area contributed by atoms with Crippen molar-refractivity contribution in [1.29, 1.82) is 0 Å². The number of piperidine rings is 1. The van der Waals surface area contributed by atoms with Crippen LogP contribution in [0.2, 0.25) is 0 Å². The summed E-state index contributed by atoms with van der Waals surface area (Å²) in [6.45, 7) is -0.523. The molecule has 1 aromatic heterocycles. The first-order valence-electron chi connectivity index (χ1n) is 16.1. The van der Waals surface area contributed by atoms with Crippen LogP contribution in [0.5, 0.6) is 0 Å². The number of hydrogen-bond donors (Lipinski definition) is 2. The third kappa shape index (κ3) is 8.05. The number of hydrogen-bond acceptors (Lipinski definition) is 5. The molecule has 0 bridgehead atoms. The van der Waals surface area contributed by atoms with Gasteiger partial charge in [-0.15, -0.1) is 0 Å². The topological polar surface area (TPSA) is 123 Å². The molecule has 268 valence electrons. The highest BCUT2D eigenvalue weighted by Crippen LogP contribution is 2.52. The molecule has 1 aromatic carbocycles. The van der Waals surface area contributed by atoms with Gasteiger partial charge < -0.3 is 29.5 Å². The molecule has 3 fully saturated rings. The van der Waals surface area contributed by atoms with Crippen molar-refractivity contribution in [3.8, 4) is 11.1 Å². The fourth-order valence-corrected chi connectivity index (χ4v) is 7.63. The van der Waals surface area contributed by atoms with Gasteiger partial charge in [0.1, 0.15) is 0 Å². The van der Waals surface area contributed by atoms with Gasteiger partial charge in [-0.3, -0.25) is 14.4 Å². The van der Waals surface area contributed by atoms with Gasteiger partial charge in [0.15, 0.2) is 0 Å². The number of piperazine rings is 1. The van der Waals surface area contributed by atoms with Crippen LogP contribution in [0.4, 0.5) is 31.1 Å². The maximum Gasteiger partial charge on any atom is 0.407 e. The molecule has 49 heavy (non-hydrogen) atoms. The highest BCUT2D eigenvalue weighted by molar-refractivity contribution is 6.00. The summed E-state index contributed by atoms with van der Waals surface area (Å²) >= 11 is 0. The Morgan fingerprint density at radius 2 is 1.39 bits per heavy atom. The number of benzene rings is 1. The van der Waals surface area contributed by atoms with Crippen LogP contribution in [-0.2, 0) is 11.3 Å². The third-order valence-corrected chi connectivity index (χ3v) is 10.2. The molecule has 10 nitrogen and oxygen atoms in total. The summed E-state index contributed by atoms with van der Waals surface area (Å²) in [5.41, 5.74) is -2.32. The summed E-state index contributed by atoms with van der Waals surface area (Å²) in [6.07, 6.45) is -12.0. The Morgan fingerprint density at radius 3 is 1.94 bits per heavy atom. The first-order chi connectivity index (χ1) is 22.9. The number of carbonyl (C=O) groups is 3. The van der Waals surface area contributed by atoms with Gasteiger partial charge in [-0.2, -0.15) is 26.3 Å². The lowest BCUT2D eigenvalue weighted by Gasteiger charge is -2.53. The maximum absolute atomic E-state index is 13.9. The maximum atomic E-state index is 13.9. The minimum atomic E-state index is -5.00. The molecular formula is C33H38F6N4O6. The van der Waals surface area contributed by atoms with E-state index < -0.39 is 65.6 Å². The lowest BCUT2D eigenvalue weighted by Crippen LogP contribution is -2.62. The average molecular weight is 701 g/mol. The monoisotopic (exact) mass is 700 g/mol. The summed E-state index contributed by atoms with van der Waals surface area (Å²) in [7, 11) is 0. The SMILES string of the molecule is O=C(O)N1CCN(C(=O)c2cn(C[C@]3(O)CCN(C(=O)C(CC(F)(F)F)CC(F)(F)F)CC34CCCC4)c(=O)cc2-c2ccccc2)CC1. The number of alkyl halides is 6. The minimum absolute atomic E-state index is 0.0890. The molecule has 1 atom stereocenters. The zero-order valence-corrected chi connectivity index (χ0v) is 26.6. The van der Waals surface area contributed by atoms with Gasteiger partial charge in [-0.25, -0.2) is 4.79 Å². The van der Waals surface area contributed by atoms with Crippen molar-refractivity contribution < 1.29 is 50.9 Å². The van der Waals surface area contributed by atoms with Gasteiger partial charge in [0.05, 0.1) is 36.5 Å². The average Bonchev–Trinajstić information content (AvgIpc) is 3.51. The zero-order chi connectivity index (χ0) is 35.8. The molecule has 16 heteroatoms. The molecule has 1 spiro atoms. The Labute approximate surface area is 277 Å². The first kappa shape index (κ1) is 36.2. The van der Waals surface area contributed by atoms with Crippen LogP contribution in [0.3, 0.4) is 0 Å². The molecule has 3 amide bonds. The van der Waals surface area contributed by atoms with Crippen molar-refractivity contribution in [3.05, 3.63) is 58.5 Å². The second kappa shape index (κ2) is 13.7. The summed E-state index contributed by atoms with van der Waals surface area (Å²) in [5, 5.41) is 21.6. The number of aliphatic hydroxyl groups is 1. The number of rotatable bonds is 7. The molecule has 0 unspecified atom stereocenters. The van der Waals surface area contributed by atoms with Crippen LogP contribution >= 0.6 is 0 Å². The lowest BCUT2D eigenvalue weighted by molar-refractivity contribution is -0.190. The summed E-state index contributed by atoms with van der Waals surface area (Å²) < 4.78 is 80.6. The second-order valence-electron chi connectivity index (χ2n) is 13.4. The van der Waals surface area contributed by atoms with Gasteiger partial charge in [-0.05, 0) is 24.8 Å². The Morgan fingerprint density at radius 1 is 0.816 bits per heavy atom. The van der Waals surface area contributed by atoms with E-state index in [4.69, 9.17) is 0 Å². The molecule has 2 N–H and O–H groups in total. The molecule has 3 aliphatic rings. The quantitative estimate of drug-likeness (QED) is 0.393. The smallest absolute Gasteiger partial charge is 0.407 e. The Kier molecular flexibility index (Phi) is 10.1. The van der Waals surface area contributed by atoms with Crippen LogP contribution in [0.1, 0.15) is 55.3 Å². The molecule has 3 heterocycles. The van der Waals surface area contributed by atoms with Gasteiger partial charge >= 0.3 is 18.4 Å². The number of pyridine rings is 1. The van der Waals surface area contributed by atoms with Gasteiger partial charge in [-0.1, -0.05) is 43.2 Å². The van der Waals surface area contributed by atoms with Crippen LogP contribution in [0.15, 0.2) is 47.4 Å². The van der Waals surface area contributed by atoms with Crippen molar-refractivity contribution in [2.24, 2.45) is 11.3 Å². The molecule has 2 aliphatic heterocycles. The molecule has 2 saturated heterocycles. The number of halogens is 6. The van der Waals surface area contributed by atoms with Crippen LogP contribution < -0.4 is 5.56 Å². The molecular weight excluding hydrogens is 662 g/mol. The van der Waals surface area contributed by atoms with E-state index in [0.717, 1.165) is 4.90 Å². The van der Waals surface area contributed by atoms with Crippen LogP contribution in [0.25, 0.3) is 11.1 Å². The molecule has 0 radical (unpaired) electrons. The number of likely N-dealkylation sites (tertiary alicyclic amines) is 1. The van der Waals surface area contributed by atoms with E-state index in [1.807, 2.05) is 0 Å². The number of aromatic nitrogens is 1. The van der Waals surface area contributed by atoms with E-state index in [1.54, 1.807) is 30.3 Å².